The Morgan fingerprint density at radius 3 is 2.77 bits per heavy atom. The van der Waals surface area contributed by atoms with E-state index in [1.165, 1.54) is 28.7 Å². The molecule has 8 nitrogen and oxygen atoms in total. The highest BCUT2D eigenvalue weighted by atomic mass is 35.5. The molecule has 0 unspecified atom stereocenters. The fourth-order valence-electron chi connectivity index (χ4n) is 2.44. The van der Waals surface area contributed by atoms with Crippen LogP contribution in [0.15, 0.2) is 42.1 Å². The summed E-state index contributed by atoms with van der Waals surface area (Å²) in [4.78, 5) is 22.0. The van der Waals surface area contributed by atoms with E-state index in [0.717, 1.165) is 10.7 Å². The van der Waals surface area contributed by atoms with Crippen molar-refractivity contribution in [3.63, 3.8) is 0 Å². The van der Waals surface area contributed by atoms with Crippen molar-refractivity contribution in [3.8, 4) is 6.07 Å². The molecule has 3 aromatic rings. The van der Waals surface area contributed by atoms with Gasteiger partial charge in [-0.1, -0.05) is 23.7 Å². The molecule has 0 aliphatic carbocycles. The Balaban J connectivity index is 1.83. The second-order valence-corrected chi connectivity index (χ2v) is 7.68. The number of aryl methyl sites for hydroxylation is 1. The normalized spacial score (nSPS) is 11.0. The van der Waals surface area contributed by atoms with Crippen LogP contribution in [0.5, 0.6) is 0 Å². The minimum Gasteiger partial charge on any atom is -0.344 e. The molecule has 30 heavy (non-hydrogen) atoms. The first-order valence-electron chi connectivity index (χ1n) is 8.79. The van der Waals surface area contributed by atoms with Crippen LogP contribution >= 0.6 is 23.1 Å². The third-order valence-corrected chi connectivity index (χ3v) is 4.90. The van der Waals surface area contributed by atoms with Gasteiger partial charge in [0.15, 0.2) is 5.82 Å². The standard InChI is InChI=1S/C20H18ClN7OS/c1-12-7-17(30-27-12)25-20-23-11-16(21)18(26-20)24-15-6-4-5-13(9-15)8-14(10-22)19(29)28(2)3/h4-9,11H,1-3H3,(H2,23,24,25,26). The first-order valence-corrected chi connectivity index (χ1v) is 9.94. The van der Waals surface area contributed by atoms with E-state index in [2.05, 4.69) is 25.0 Å². The number of aromatic nitrogens is 3. The fourth-order valence-corrected chi connectivity index (χ4v) is 3.23. The number of nitriles is 1. The van der Waals surface area contributed by atoms with Gasteiger partial charge in [-0.3, -0.25) is 4.79 Å². The van der Waals surface area contributed by atoms with Gasteiger partial charge < -0.3 is 15.5 Å². The second kappa shape index (κ2) is 9.35. The van der Waals surface area contributed by atoms with Crippen LogP contribution < -0.4 is 10.6 Å². The van der Waals surface area contributed by atoms with E-state index >= 15 is 0 Å². The molecule has 2 aromatic heterocycles. The number of anilines is 4. The van der Waals surface area contributed by atoms with Crippen LogP contribution in [0, 0.1) is 18.3 Å². The molecule has 0 fully saturated rings. The number of carbonyl (C=O) groups excluding carboxylic acids is 1. The zero-order valence-electron chi connectivity index (χ0n) is 16.5. The van der Waals surface area contributed by atoms with E-state index in [-0.39, 0.29) is 11.5 Å². The lowest BCUT2D eigenvalue weighted by Crippen LogP contribution is -2.22. The third-order valence-electron chi connectivity index (χ3n) is 3.82. The lowest BCUT2D eigenvalue weighted by Gasteiger charge is -2.11. The van der Waals surface area contributed by atoms with Crippen LogP contribution in [0.2, 0.25) is 5.02 Å². The number of nitrogens with one attached hydrogen (secondary N) is 2. The summed E-state index contributed by atoms with van der Waals surface area (Å²) in [6.45, 7) is 1.91. The molecule has 0 spiro atoms. The summed E-state index contributed by atoms with van der Waals surface area (Å²) in [5, 5.41) is 16.7. The van der Waals surface area contributed by atoms with Gasteiger partial charge in [0.1, 0.15) is 21.7 Å². The molecule has 10 heteroatoms. The molecular formula is C20H18ClN7OS. The van der Waals surface area contributed by atoms with E-state index in [0.29, 0.717) is 28.0 Å². The molecule has 2 N–H and O–H groups in total. The van der Waals surface area contributed by atoms with Crippen molar-refractivity contribution in [2.24, 2.45) is 0 Å². The van der Waals surface area contributed by atoms with Crippen LogP contribution in [-0.4, -0.2) is 39.2 Å². The van der Waals surface area contributed by atoms with Crippen molar-refractivity contribution < 1.29 is 4.79 Å². The molecule has 2 heterocycles. The largest absolute Gasteiger partial charge is 0.344 e. The average molecular weight is 440 g/mol. The van der Waals surface area contributed by atoms with E-state index in [4.69, 9.17) is 11.6 Å². The molecule has 0 radical (unpaired) electrons. The number of amides is 1. The summed E-state index contributed by atoms with van der Waals surface area (Å²) >= 11 is 7.56. The maximum atomic E-state index is 12.1. The number of hydrogen-bond donors (Lipinski definition) is 2. The molecule has 1 amide bonds. The summed E-state index contributed by atoms with van der Waals surface area (Å²) in [6.07, 6.45) is 3.04. The van der Waals surface area contributed by atoms with E-state index < -0.39 is 0 Å². The van der Waals surface area contributed by atoms with Crippen molar-refractivity contribution in [1.82, 2.24) is 19.2 Å². The molecule has 0 bridgehead atoms. The van der Waals surface area contributed by atoms with Gasteiger partial charge in [-0.2, -0.15) is 14.6 Å². The van der Waals surface area contributed by atoms with Gasteiger partial charge in [0, 0.05) is 19.8 Å². The third kappa shape index (κ3) is 5.31. The zero-order chi connectivity index (χ0) is 21.7. The summed E-state index contributed by atoms with van der Waals surface area (Å²) in [6, 6.07) is 11.1. The minimum absolute atomic E-state index is 0.0450. The first-order chi connectivity index (χ1) is 14.4. The Kier molecular flexibility index (Phi) is 6.61. The van der Waals surface area contributed by atoms with Gasteiger partial charge in [-0.15, -0.1) is 0 Å². The smallest absolute Gasteiger partial charge is 0.264 e. The Bertz CT molecular complexity index is 1150. The molecule has 1 aromatic carbocycles. The van der Waals surface area contributed by atoms with Crippen molar-refractivity contribution in [1.29, 1.82) is 5.26 Å². The lowest BCUT2D eigenvalue weighted by atomic mass is 10.1. The fraction of sp³-hybridized carbons (Fsp3) is 0.150. The Hall–Kier alpha value is -3.48. The Morgan fingerprint density at radius 1 is 1.30 bits per heavy atom. The number of hydrogen-bond acceptors (Lipinski definition) is 8. The predicted octanol–water partition coefficient (Wildman–Crippen LogP) is 4.38. The molecule has 152 valence electrons. The van der Waals surface area contributed by atoms with Crippen molar-refractivity contribution >= 4 is 57.6 Å². The van der Waals surface area contributed by atoms with E-state index in [9.17, 15) is 10.1 Å². The highest BCUT2D eigenvalue weighted by Crippen LogP contribution is 2.26. The SMILES string of the molecule is Cc1cc(Nc2ncc(Cl)c(Nc3cccc(C=C(C#N)C(=O)N(C)C)c3)n2)sn1. The number of likely N-dealkylation sites (N-methyl/N-ethyl adjacent to an activating group) is 1. The molecule has 0 atom stereocenters. The van der Waals surface area contributed by atoms with Crippen LogP contribution in [0.4, 0.5) is 22.5 Å². The monoisotopic (exact) mass is 439 g/mol. The summed E-state index contributed by atoms with van der Waals surface area (Å²) in [5.41, 5.74) is 2.33. The molecule has 0 saturated heterocycles. The summed E-state index contributed by atoms with van der Waals surface area (Å²) < 4.78 is 4.21. The zero-order valence-corrected chi connectivity index (χ0v) is 18.0. The molecule has 0 saturated carbocycles. The van der Waals surface area contributed by atoms with Crippen LogP contribution in [-0.2, 0) is 4.79 Å². The average Bonchev–Trinajstić information content (AvgIpc) is 3.13. The van der Waals surface area contributed by atoms with E-state index in [1.54, 1.807) is 32.3 Å². The number of nitrogens with zero attached hydrogens (tertiary/aromatic N) is 5. The quantitative estimate of drug-likeness (QED) is 0.433. The Morgan fingerprint density at radius 2 is 2.10 bits per heavy atom. The van der Waals surface area contributed by atoms with Gasteiger partial charge in [0.2, 0.25) is 5.95 Å². The number of carbonyl (C=O) groups is 1. The maximum Gasteiger partial charge on any atom is 0.264 e. The molecule has 0 aliphatic rings. The molecule has 3 rings (SSSR count). The van der Waals surface area contributed by atoms with Crippen LogP contribution in [0.1, 0.15) is 11.3 Å². The number of halogens is 1. The van der Waals surface area contributed by atoms with Crippen LogP contribution in [0.3, 0.4) is 0 Å². The first kappa shape index (κ1) is 21.2. The highest BCUT2D eigenvalue weighted by Gasteiger charge is 2.12. The van der Waals surface area contributed by atoms with Crippen molar-refractivity contribution in [2.45, 2.75) is 6.92 Å². The minimum atomic E-state index is -0.358. The summed E-state index contributed by atoms with van der Waals surface area (Å²) in [5.74, 6) is 0.440. The molecular weight excluding hydrogens is 422 g/mol. The predicted molar refractivity (Wildman–Crippen MR) is 119 cm³/mol. The highest BCUT2D eigenvalue weighted by molar-refractivity contribution is 7.10. The van der Waals surface area contributed by atoms with E-state index in [1.807, 2.05) is 25.1 Å². The molecule has 0 aliphatic heterocycles. The summed E-state index contributed by atoms with van der Waals surface area (Å²) in [7, 11) is 3.20. The van der Waals surface area contributed by atoms with Gasteiger partial charge in [0.25, 0.3) is 5.91 Å². The van der Waals surface area contributed by atoms with Crippen molar-refractivity contribution in [2.75, 3.05) is 24.7 Å². The van der Waals surface area contributed by atoms with Gasteiger partial charge >= 0.3 is 0 Å². The Labute approximate surface area is 183 Å². The topological polar surface area (TPSA) is 107 Å². The van der Waals surface area contributed by atoms with Crippen molar-refractivity contribution in [3.05, 3.63) is 58.4 Å². The lowest BCUT2D eigenvalue weighted by molar-refractivity contribution is -0.124. The number of benzene rings is 1. The second-order valence-electron chi connectivity index (χ2n) is 6.47. The van der Waals surface area contributed by atoms with Gasteiger partial charge in [0.05, 0.1) is 11.9 Å². The van der Waals surface area contributed by atoms with Gasteiger partial charge in [-0.25, -0.2) is 4.98 Å². The number of rotatable bonds is 6. The van der Waals surface area contributed by atoms with Gasteiger partial charge in [-0.05, 0) is 48.3 Å². The maximum absolute atomic E-state index is 12.1. The van der Waals surface area contributed by atoms with Crippen LogP contribution in [0.25, 0.3) is 6.08 Å².